The van der Waals surface area contributed by atoms with Gasteiger partial charge in [0, 0.05) is 31.0 Å². The molecule has 1 heterocycles. The highest BCUT2D eigenvalue weighted by atomic mass is 16.5. The van der Waals surface area contributed by atoms with E-state index in [1.165, 1.54) is 6.92 Å². The van der Waals surface area contributed by atoms with Gasteiger partial charge in [-0.25, -0.2) is 0 Å². The minimum atomic E-state index is -0.109. The summed E-state index contributed by atoms with van der Waals surface area (Å²) in [6, 6.07) is 15.0. The van der Waals surface area contributed by atoms with E-state index >= 15 is 0 Å². The second kappa shape index (κ2) is 7.17. The van der Waals surface area contributed by atoms with E-state index in [0.29, 0.717) is 18.7 Å². The first-order chi connectivity index (χ1) is 11.6. The maximum Gasteiger partial charge on any atom is 0.251 e. The molecule has 0 radical (unpaired) electrons. The highest BCUT2D eigenvalue weighted by Crippen LogP contribution is 2.31. The fourth-order valence-electron chi connectivity index (χ4n) is 2.73. The number of fused-ring (bicyclic) bond motifs is 1. The summed E-state index contributed by atoms with van der Waals surface area (Å²) in [6.07, 6.45) is 0.753. The number of rotatable bonds is 4. The van der Waals surface area contributed by atoms with E-state index in [1.54, 1.807) is 12.1 Å². The predicted octanol–water partition coefficient (Wildman–Crippen LogP) is 2.58. The van der Waals surface area contributed by atoms with Crippen LogP contribution in [0.25, 0.3) is 0 Å². The van der Waals surface area contributed by atoms with Crippen LogP contribution >= 0.6 is 0 Å². The Bertz CT molecular complexity index is 741. The molecule has 0 bridgehead atoms. The van der Waals surface area contributed by atoms with Crippen molar-refractivity contribution in [1.82, 2.24) is 10.6 Å². The summed E-state index contributed by atoms with van der Waals surface area (Å²) in [5, 5.41) is 5.81. The lowest BCUT2D eigenvalue weighted by atomic mass is 10.00. The molecule has 0 fully saturated rings. The Morgan fingerprint density at radius 1 is 1.12 bits per heavy atom. The normalized spacial score (nSPS) is 15.8. The number of ether oxygens (including phenoxy) is 1. The van der Waals surface area contributed by atoms with Crippen molar-refractivity contribution in [2.75, 3.05) is 6.61 Å². The van der Waals surface area contributed by atoms with Gasteiger partial charge in [-0.05, 0) is 23.8 Å². The molecule has 0 aliphatic carbocycles. The number of carbonyl (C=O) groups excluding carboxylic acids is 2. The summed E-state index contributed by atoms with van der Waals surface area (Å²) in [5.41, 5.74) is 2.57. The van der Waals surface area contributed by atoms with Crippen molar-refractivity contribution in [3.05, 3.63) is 65.2 Å². The average Bonchev–Trinajstić information content (AvgIpc) is 2.60. The molecule has 2 aromatic rings. The van der Waals surface area contributed by atoms with Crippen LogP contribution in [0.5, 0.6) is 5.75 Å². The second-order valence-corrected chi connectivity index (χ2v) is 5.81. The summed E-state index contributed by atoms with van der Waals surface area (Å²) in [5.74, 6) is 0.650. The Hall–Kier alpha value is -2.82. The quantitative estimate of drug-likeness (QED) is 0.908. The molecule has 24 heavy (non-hydrogen) atoms. The molecule has 1 aliphatic rings. The van der Waals surface area contributed by atoms with E-state index in [-0.39, 0.29) is 17.9 Å². The molecule has 0 saturated heterocycles. The number of nitrogens with one attached hydrogen (secondary N) is 2. The third kappa shape index (κ3) is 3.74. The minimum absolute atomic E-state index is 0.0403. The number of amides is 2. The summed E-state index contributed by atoms with van der Waals surface area (Å²) >= 11 is 0. The van der Waals surface area contributed by atoms with Crippen molar-refractivity contribution in [2.24, 2.45) is 0 Å². The van der Waals surface area contributed by atoms with Crippen LogP contribution < -0.4 is 15.4 Å². The molecular weight excluding hydrogens is 304 g/mol. The molecule has 2 aromatic carbocycles. The van der Waals surface area contributed by atoms with Crippen LogP contribution in [0, 0.1) is 0 Å². The smallest absolute Gasteiger partial charge is 0.251 e. The highest BCUT2D eigenvalue weighted by molar-refractivity contribution is 5.94. The summed E-state index contributed by atoms with van der Waals surface area (Å²) < 4.78 is 5.62. The van der Waals surface area contributed by atoms with Gasteiger partial charge in [-0.15, -0.1) is 0 Å². The first kappa shape index (κ1) is 16.1. The predicted molar refractivity (Wildman–Crippen MR) is 90.7 cm³/mol. The number of para-hydroxylation sites is 1. The summed E-state index contributed by atoms with van der Waals surface area (Å²) in [4.78, 5) is 23.4. The Morgan fingerprint density at radius 2 is 1.88 bits per heavy atom. The molecule has 0 saturated carbocycles. The fourth-order valence-corrected chi connectivity index (χ4v) is 2.73. The molecule has 1 aliphatic heterocycles. The molecule has 1 unspecified atom stereocenters. The van der Waals surface area contributed by atoms with Gasteiger partial charge in [-0.3, -0.25) is 9.59 Å². The second-order valence-electron chi connectivity index (χ2n) is 5.81. The van der Waals surface area contributed by atoms with Crippen molar-refractivity contribution in [3.8, 4) is 5.75 Å². The van der Waals surface area contributed by atoms with Crippen molar-refractivity contribution in [2.45, 2.75) is 25.9 Å². The van der Waals surface area contributed by atoms with E-state index in [4.69, 9.17) is 4.74 Å². The molecule has 1 atom stereocenters. The maximum absolute atomic E-state index is 12.5. The van der Waals surface area contributed by atoms with Crippen LogP contribution in [0.15, 0.2) is 48.5 Å². The zero-order valence-corrected chi connectivity index (χ0v) is 13.5. The SMILES string of the molecule is CC(=O)NCc1ccc(C(=O)NC2CCOc3ccccc32)cc1. The van der Waals surface area contributed by atoms with Crippen LogP contribution in [0.1, 0.15) is 40.9 Å². The fraction of sp³-hybridized carbons (Fsp3) is 0.263. The summed E-state index contributed by atoms with van der Waals surface area (Å²) in [6.45, 7) is 2.54. The lowest BCUT2D eigenvalue weighted by Crippen LogP contribution is -2.32. The zero-order valence-electron chi connectivity index (χ0n) is 13.5. The minimum Gasteiger partial charge on any atom is -0.493 e. The Morgan fingerprint density at radius 3 is 2.62 bits per heavy atom. The zero-order chi connectivity index (χ0) is 16.9. The van der Waals surface area contributed by atoms with E-state index in [9.17, 15) is 9.59 Å². The monoisotopic (exact) mass is 324 g/mol. The van der Waals surface area contributed by atoms with Gasteiger partial charge in [0.25, 0.3) is 5.91 Å². The van der Waals surface area contributed by atoms with Crippen molar-refractivity contribution < 1.29 is 14.3 Å². The molecule has 2 N–H and O–H groups in total. The van der Waals surface area contributed by atoms with Crippen molar-refractivity contribution in [3.63, 3.8) is 0 Å². The molecule has 5 heteroatoms. The lowest BCUT2D eigenvalue weighted by molar-refractivity contribution is -0.119. The third-order valence-electron chi connectivity index (χ3n) is 4.02. The largest absolute Gasteiger partial charge is 0.493 e. The van der Waals surface area contributed by atoms with E-state index < -0.39 is 0 Å². The first-order valence-electron chi connectivity index (χ1n) is 7.99. The average molecular weight is 324 g/mol. The standard InChI is InChI=1S/C19H20N2O3/c1-13(22)20-12-14-6-8-15(9-7-14)19(23)21-17-10-11-24-18-5-3-2-4-16(17)18/h2-9,17H,10-12H2,1H3,(H,20,22)(H,21,23). The number of hydrogen-bond acceptors (Lipinski definition) is 3. The molecule has 2 amide bonds. The van der Waals surface area contributed by atoms with Crippen LogP contribution in [-0.4, -0.2) is 18.4 Å². The van der Waals surface area contributed by atoms with Crippen molar-refractivity contribution >= 4 is 11.8 Å². The molecule has 124 valence electrons. The lowest BCUT2D eigenvalue weighted by Gasteiger charge is -2.26. The van der Waals surface area contributed by atoms with Crippen molar-refractivity contribution in [1.29, 1.82) is 0 Å². The molecule has 0 aromatic heterocycles. The van der Waals surface area contributed by atoms with Gasteiger partial charge in [0.15, 0.2) is 0 Å². The Labute approximate surface area is 141 Å². The number of carbonyl (C=O) groups is 2. The van der Waals surface area contributed by atoms with E-state index in [2.05, 4.69) is 10.6 Å². The van der Waals surface area contributed by atoms with Gasteiger partial charge >= 0.3 is 0 Å². The molecule has 5 nitrogen and oxygen atoms in total. The Kier molecular flexibility index (Phi) is 4.79. The van der Waals surface area contributed by atoms with Crippen LogP contribution in [-0.2, 0) is 11.3 Å². The van der Waals surface area contributed by atoms with E-state index in [0.717, 1.165) is 23.3 Å². The van der Waals surface area contributed by atoms with Gasteiger partial charge in [-0.2, -0.15) is 0 Å². The number of benzene rings is 2. The van der Waals surface area contributed by atoms with Crippen LogP contribution in [0.4, 0.5) is 0 Å². The molecule has 0 spiro atoms. The van der Waals surface area contributed by atoms with Gasteiger partial charge in [0.1, 0.15) is 5.75 Å². The summed E-state index contributed by atoms with van der Waals surface area (Å²) in [7, 11) is 0. The van der Waals surface area contributed by atoms with E-state index in [1.807, 2.05) is 36.4 Å². The van der Waals surface area contributed by atoms with Gasteiger partial charge in [0.2, 0.25) is 5.91 Å². The molecular formula is C19H20N2O3. The highest BCUT2D eigenvalue weighted by Gasteiger charge is 2.22. The topological polar surface area (TPSA) is 67.4 Å². The van der Waals surface area contributed by atoms with Gasteiger partial charge in [-0.1, -0.05) is 30.3 Å². The molecule has 3 rings (SSSR count). The van der Waals surface area contributed by atoms with Gasteiger partial charge < -0.3 is 15.4 Å². The van der Waals surface area contributed by atoms with Gasteiger partial charge in [0.05, 0.1) is 12.6 Å². The van der Waals surface area contributed by atoms with Crippen LogP contribution in [0.3, 0.4) is 0 Å². The number of hydrogen-bond donors (Lipinski definition) is 2. The Balaban J connectivity index is 1.66. The maximum atomic E-state index is 12.5. The van der Waals surface area contributed by atoms with Crippen LogP contribution in [0.2, 0.25) is 0 Å². The third-order valence-corrected chi connectivity index (χ3v) is 4.02. The first-order valence-corrected chi connectivity index (χ1v) is 7.99.